The van der Waals surface area contributed by atoms with Crippen molar-refractivity contribution in [3.63, 3.8) is 0 Å². The number of likely N-dealkylation sites (tertiary alicyclic amines) is 1. The van der Waals surface area contributed by atoms with E-state index in [0.717, 1.165) is 18.4 Å². The van der Waals surface area contributed by atoms with Crippen LogP contribution in [0, 0.1) is 6.92 Å². The third-order valence-electron chi connectivity index (χ3n) is 5.13. The Hall–Kier alpha value is -2.38. The Bertz CT molecular complexity index is 1080. The van der Waals surface area contributed by atoms with Gasteiger partial charge in [0.1, 0.15) is 10.9 Å². The van der Waals surface area contributed by atoms with Crippen molar-refractivity contribution in [2.45, 2.75) is 37.1 Å². The number of nitrogens with zero attached hydrogens (tertiary/aromatic N) is 2. The summed E-state index contributed by atoms with van der Waals surface area (Å²) in [6, 6.07) is 11.6. The molecule has 8 heteroatoms. The number of fused-ring (bicyclic) bond motifs is 1. The summed E-state index contributed by atoms with van der Waals surface area (Å²) in [7, 11) is -3.73. The fourth-order valence-electron chi connectivity index (χ4n) is 3.65. The molecular weight excluding hydrogens is 398 g/mol. The van der Waals surface area contributed by atoms with Crippen molar-refractivity contribution in [1.29, 1.82) is 0 Å². The van der Waals surface area contributed by atoms with Crippen molar-refractivity contribution in [2.24, 2.45) is 4.40 Å². The second-order valence-electron chi connectivity index (χ2n) is 7.04. The molecule has 0 unspecified atom stereocenters. The van der Waals surface area contributed by atoms with Gasteiger partial charge in [-0.05, 0) is 56.0 Å². The number of nitrogens with one attached hydrogen (secondary N) is 1. The monoisotopic (exact) mass is 417 g/mol. The Kier molecular flexibility index (Phi) is 4.89. The van der Waals surface area contributed by atoms with Gasteiger partial charge < -0.3 is 10.2 Å². The van der Waals surface area contributed by atoms with Crippen molar-refractivity contribution in [1.82, 2.24) is 4.90 Å². The summed E-state index contributed by atoms with van der Waals surface area (Å²) in [6.45, 7) is 2.47. The smallest absolute Gasteiger partial charge is 0.285 e. The van der Waals surface area contributed by atoms with Crippen LogP contribution in [0.4, 0.5) is 5.69 Å². The fraction of sp³-hybridized carbons (Fsp3) is 0.300. The zero-order valence-corrected chi connectivity index (χ0v) is 16.9. The summed E-state index contributed by atoms with van der Waals surface area (Å²) in [5, 5.41) is 3.49. The van der Waals surface area contributed by atoms with E-state index in [1.165, 1.54) is 0 Å². The molecule has 0 aliphatic carbocycles. The quantitative estimate of drug-likeness (QED) is 0.809. The van der Waals surface area contributed by atoms with E-state index in [0.29, 0.717) is 35.1 Å². The summed E-state index contributed by atoms with van der Waals surface area (Å²) in [5.74, 6) is 0.168. The second-order valence-corrected chi connectivity index (χ2v) is 9.02. The second kappa shape index (κ2) is 7.22. The fourth-order valence-corrected chi connectivity index (χ4v) is 5.05. The molecule has 2 aliphatic heterocycles. The number of hydrogen-bond donors (Lipinski definition) is 1. The topological polar surface area (TPSA) is 78.8 Å². The van der Waals surface area contributed by atoms with Crippen LogP contribution in [0.1, 0.15) is 30.4 Å². The van der Waals surface area contributed by atoms with Crippen molar-refractivity contribution in [3.8, 4) is 0 Å². The Balaban J connectivity index is 1.64. The molecule has 1 atom stereocenters. The van der Waals surface area contributed by atoms with E-state index >= 15 is 0 Å². The minimum absolute atomic E-state index is 0.191. The van der Waals surface area contributed by atoms with Gasteiger partial charge in [-0.3, -0.25) is 4.79 Å². The van der Waals surface area contributed by atoms with Gasteiger partial charge in [-0.25, -0.2) is 0 Å². The molecule has 4 rings (SSSR count). The number of hydrogen-bond acceptors (Lipinski definition) is 4. The minimum atomic E-state index is -3.73. The van der Waals surface area contributed by atoms with E-state index in [1.807, 2.05) is 17.9 Å². The number of benzene rings is 2. The van der Waals surface area contributed by atoms with Gasteiger partial charge in [0.15, 0.2) is 5.84 Å². The van der Waals surface area contributed by atoms with Gasteiger partial charge in [-0.1, -0.05) is 29.8 Å². The minimum Gasteiger partial charge on any atom is -0.343 e. The predicted molar refractivity (Wildman–Crippen MR) is 109 cm³/mol. The van der Waals surface area contributed by atoms with E-state index < -0.39 is 16.1 Å². The first-order valence-corrected chi connectivity index (χ1v) is 11.0. The van der Waals surface area contributed by atoms with Crippen molar-refractivity contribution >= 4 is 39.1 Å². The zero-order chi connectivity index (χ0) is 19.9. The Morgan fingerprint density at radius 3 is 2.79 bits per heavy atom. The molecule has 6 nitrogen and oxygen atoms in total. The van der Waals surface area contributed by atoms with Crippen LogP contribution in [-0.2, 0) is 14.8 Å². The maximum absolute atomic E-state index is 13.0. The van der Waals surface area contributed by atoms with Crippen molar-refractivity contribution in [2.75, 3.05) is 11.9 Å². The molecule has 1 amide bonds. The molecule has 0 bridgehead atoms. The van der Waals surface area contributed by atoms with Crippen molar-refractivity contribution < 1.29 is 13.2 Å². The lowest BCUT2D eigenvalue weighted by molar-refractivity contribution is -0.120. The summed E-state index contributed by atoms with van der Waals surface area (Å²) >= 11 is 6.16. The van der Waals surface area contributed by atoms with Crippen LogP contribution < -0.4 is 5.32 Å². The predicted octanol–water partition coefficient (Wildman–Crippen LogP) is 3.59. The van der Waals surface area contributed by atoms with Crippen LogP contribution in [0.3, 0.4) is 0 Å². The molecule has 0 saturated carbocycles. The highest BCUT2D eigenvalue weighted by molar-refractivity contribution is 7.90. The lowest BCUT2D eigenvalue weighted by Crippen LogP contribution is -2.50. The van der Waals surface area contributed by atoms with Gasteiger partial charge in [-0.15, -0.1) is 4.40 Å². The largest absolute Gasteiger partial charge is 0.343 e. The molecule has 2 heterocycles. The third-order valence-corrected chi connectivity index (χ3v) is 6.86. The van der Waals surface area contributed by atoms with Gasteiger partial charge in [0.2, 0.25) is 5.91 Å². The molecule has 2 aromatic carbocycles. The van der Waals surface area contributed by atoms with Gasteiger partial charge in [0, 0.05) is 22.8 Å². The Morgan fingerprint density at radius 1 is 1.21 bits per heavy atom. The van der Waals surface area contributed by atoms with Crippen LogP contribution >= 0.6 is 11.6 Å². The number of amides is 1. The third kappa shape index (κ3) is 3.40. The SMILES string of the molecule is Cc1ccc(NC(=O)[C@@H]2CCCCN2C2=NS(=O)(=O)c3ccccc32)cc1Cl. The average molecular weight is 418 g/mol. The number of rotatable bonds is 2. The number of anilines is 1. The Morgan fingerprint density at radius 2 is 2.00 bits per heavy atom. The number of amidine groups is 1. The maximum atomic E-state index is 13.0. The molecule has 0 aromatic heterocycles. The standard InChI is InChI=1S/C20H20ClN3O3S/c1-13-9-10-14(12-16(13)21)22-20(25)17-7-4-5-11-24(17)19-15-6-2-3-8-18(15)28(26,27)23-19/h2-3,6,8-10,12,17H,4-5,7,11H2,1H3,(H,22,25)/t17-/m0/s1. The molecule has 1 N–H and O–H groups in total. The van der Waals surface area contributed by atoms with Crippen molar-refractivity contribution in [3.05, 3.63) is 58.6 Å². The van der Waals surface area contributed by atoms with Gasteiger partial charge in [0.05, 0.1) is 0 Å². The molecule has 0 spiro atoms. The summed E-state index contributed by atoms with van der Waals surface area (Å²) in [4.78, 5) is 15.0. The lowest BCUT2D eigenvalue weighted by Gasteiger charge is -2.36. The van der Waals surface area contributed by atoms with Crippen LogP contribution in [0.5, 0.6) is 0 Å². The van der Waals surface area contributed by atoms with Gasteiger partial charge >= 0.3 is 0 Å². The number of piperidine rings is 1. The molecule has 146 valence electrons. The normalized spacial score (nSPS) is 20.4. The molecule has 2 aliphatic rings. The highest BCUT2D eigenvalue weighted by Gasteiger charge is 2.37. The molecule has 2 aromatic rings. The van der Waals surface area contributed by atoms with E-state index in [-0.39, 0.29) is 10.8 Å². The number of carbonyl (C=O) groups excluding carboxylic acids is 1. The van der Waals surface area contributed by atoms with Crippen LogP contribution in [0.25, 0.3) is 0 Å². The van der Waals surface area contributed by atoms with E-state index in [1.54, 1.807) is 36.4 Å². The molecule has 0 radical (unpaired) electrons. The molecule has 28 heavy (non-hydrogen) atoms. The highest BCUT2D eigenvalue weighted by atomic mass is 35.5. The van der Waals surface area contributed by atoms with Crippen LogP contribution in [-0.4, -0.2) is 37.6 Å². The molecular formula is C20H20ClN3O3S. The number of halogens is 1. The first-order chi connectivity index (χ1) is 13.4. The van der Waals surface area contributed by atoms with E-state index in [4.69, 9.17) is 11.6 Å². The van der Waals surface area contributed by atoms with E-state index in [2.05, 4.69) is 9.71 Å². The number of sulfonamides is 1. The summed E-state index contributed by atoms with van der Waals surface area (Å²) in [5.41, 5.74) is 2.11. The van der Waals surface area contributed by atoms with Crippen LogP contribution in [0.2, 0.25) is 5.02 Å². The highest BCUT2D eigenvalue weighted by Crippen LogP contribution is 2.31. The first kappa shape index (κ1) is 19.0. The average Bonchev–Trinajstić information content (AvgIpc) is 2.96. The van der Waals surface area contributed by atoms with Gasteiger partial charge in [0.25, 0.3) is 10.0 Å². The first-order valence-electron chi connectivity index (χ1n) is 9.15. The number of carbonyl (C=O) groups is 1. The number of aryl methyl sites for hydroxylation is 1. The van der Waals surface area contributed by atoms with Gasteiger partial charge in [-0.2, -0.15) is 8.42 Å². The van der Waals surface area contributed by atoms with E-state index in [9.17, 15) is 13.2 Å². The van der Waals surface area contributed by atoms with Crippen LogP contribution in [0.15, 0.2) is 51.8 Å². The lowest BCUT2D eigenvalue weighted by atomic mass is 9.99. The summed E-state index contributed by atoms with van der Waals surface area (Å²) < 4.78 is 28.8. The zero-order valence-electron chi connectivity index (χ0n) is 15.4. The Labute approximate surface area is 169 Å². The summed E-state index contributed by atoms with van der Waals surface area (Å²) in [6.07, 6.45) is 2.40. The molecule has 1 fully saturated rings. The molecule has 1 saturated heterocycles. The maximum Gasteiger partial charge on any atom is 0.285 e.